The van der Waals surface area contributed by atoms with Gasteiger partial charge in [0.15, 0.2) is 0 Å². The Bertz CT molecular complexity index is 869. The summed E-state index contributed by atoms with van der Waals surface area (Å²) >= 11 is 0. The third-order valence-corrected chi connectivity index (χ3v) is 4.96. The Kier molecular flexibility index (Phi) is 4.97. The highest BCUT2D eigenvalue weighted by Gasteiger charge is 2.22. The topological polar surface area (TPSA) is 46.8 Å². The first kappa shape index (κ1) is 16.8. The lowest BCUT2D eigenvalue weighted by Crippen LogP contribution is -2.36. The molecule has 0 saturated carbocycles. The molecule has 1 fully saturated rings. The quantitative estimate of drug-likeness (QED) is 0.709. The van der Waals surface area contributed by atoms with E-state index in [0.29, 0.717) is 18.0 Å². The summed E-state index contributed by atoms with van der Waals surface area (Å²) in [4.78, 5) is 19.5. The zero-order valence-corrected chi connectivity index (χ0v) is 14.8. The highest BCUT2D eigenvalue weighted by Crippen LogP contribution is 2.19. The number of benzene rings is 1. The monoisotopic (exact) mass is 349 g/mol. The van der Waals surface area contributed by atoms with Crippen LogP contribution in [-0.2, 0) is 11.3 Å². The van der Waals surface area contributed by atoms with E-state index in [1.807, 2.05) is 52.0 Å². The van der Waals surface area contributed by atoms with Crippen LogP contribution in [-0.4, -0.2) is 40.0 Å². The number of hydrogen-bond donors (Lipinski definition) is 0. The summed E-state index contributed by atoms with van der Waals surface area (Å²) < 4.78 is 7.36. The zero-order valence-electron chi connectivity index (χ0n) is 14.8. The van der Waals surface area contributed by atoms with E-state index in [1.165, 1.54) is 0 Å². The van der Waals surface area contributed by atoms with Crippen molar-refractivity contribution >= 4 is 11.6 Å². The molecule has 0 aliphatic carbocycles. The summed E-state index contributed by atoms with van der Waals surface area (Å²) in [5.74, 6) is 0.560. The summed E-state index contributed by atoms with van der Waals surface area (Å²) in [6, 6.07) is 13.9. The molecule has 4 rings (SSSR count). The van der Waals surface area contributed by atoms with Gasteiger partial charge in [0.05, 0.1) is 5.56 Å². The average molecular weight is 349 g/mol. The van der Waals surface area contributed by atoms with E-state index in [2.05, 4.69) is 17.1 Å². The van der Waals surface area contributed by atoms with Crippen LogP contribution in [0.15, 0.2) is 61.1 Å². The summed E-state index contributed by atoms with van der Waals surface area (Å²) in [5, 5.41) is 0. The van der Waals surface area contributed by atoms with Crippen molar-refractivity contribution < 1.29 is 9.53 Å². The Hall–Kier alpha value is -2.66. The van der Waals surface area contributed by atoms with Crippen molar-refractivity contribution in [2.75, 3.05) is 19.8 Å². The molecular formula is C21H23N3O2. The fourth-order valence-electron chi connectivity index (χ4n) is 3.49. The SMILES string of the molecule is O=C(c1ccc2nccn2c1)N(Cc1ccccc1)CC1CCOCC1. The lowest BCUT2D eigenvalue weighted by atomic mass is 9.99. The maximum absolute atomic E-state index is 13.2. The lowest BCUT2D eigenvalue weighted by molar-refractivity contribution is 0.0445. The minimum absolute atomic E-state index is 0.0657. The van der Waals surface area contributed by atoms with Crippen molar-refractivity contribution in [3.8, 4) is 0 Å². The number of imidazole rings is 1. The number of carbonyl (C=O) groups excluding carboxylic acids is 1. The van der Waals surface area contributed by atoms with E-state index in [1.54, 1.807) is 6.20 Å². The molecule has 1 aromatic carbocycles. The number of aromatic nitrogens is 2. The number of fused-ring (bicyclic) bond motifs is 1. The molecular weight excluding hydrogens is 326 g/mol. The van der Waals surface area contributed by atoms with Crippen LogP contribution in [0.4, 0.5) is 0 Å². The maximum Gasteiger partial charge on any atom is 0.255 e. The van der Waals surface area contributed by atoms with Crippen LogP contribution < -0.4 is 0 Å². The third-order valence-electron chi connectivity index (χ3n) is 4.96. The first-order valence-corrected chi connectivity index (χ1v) is 9.13. The molecule has 0 bridgehead atoms. The molecule has 26 heavy (non-hydrogen) atoms. The normalized spacial score (nSPS) is 15.2. The fourth-order valence-corrected chi connectivity index (χ4v) is 3.49. The Labute approximate surface area is 153 Å². The number of hydrogen-bond acceptors (Lipinski definition) is 3. The summed E-state index contributed by atoms with van der Waals surface area (Å²) in [5.41, 5.74) is 2.69. The first-order chi connectivity index (χ1) is 12.8. The first-order valence-electron chi connectivity index (χ1n) is 9.13. The van der Waals surface area contributed by atoms with Crippen molar-refractivity contribution in [3.05, 3.63) is 72.2 Å². The molecule has 1 saturated heterocycles. The van der Waals surface area contributed by atoms with Gasteiger partial charge in [-0.2, -0.15) is 0 Å². The van der Waals surface area contributed by atoms with Gasteiger partial charge in [-0.1, -0.05) is 30.3 Å². The largest absolute Gasteiger partial charge is 0.381 e. The van der Waals surface area contributed by atoms with Gasteiger partial charge >= 0.3 is 0 Å². The van der Waals surface area contributed by atoms with E-state index in [9.17, 15) is 4.79 Å². The summed E-state index contributed by atoms with van der Waals surface area (Å²) in [7, 11) is 0. The van der Waals surface area contributed by atoms with Crippen LogP contribution in [0, 0.1) is 5.92 Å². The van der Waals surface area contributed by atoms with Gasteiger partial charge in [-0.05, 0) is 36.5 Å². The number of pyridine rings is 1. The predicted molar refractivity (Wildman–Crippen MR) is 99.9 cm³/mol. The highest BCUT2D eigenvalue weighted by atomic mass is 16.5. The Balaban J connectivity index is 1.58. The summed E-state index contributed by atoms with van der Waals surface area (Å²) in [6.45, 7) is 2.97. The second-order valence-electron chi connectivity index (χ2n) is 6.84. The van der Waals surface area contributed by atoms with Gasteiger partial charge in [-0.3, -0.25) is 4.79 Å². The van der Waals surface area contributed by atoms with Crippen LogP contribution in [0.3, 0.4) is 0 Å². The van der Waals surface area contributed by atoms with Gasteiger partial charge in [-0.15, -0.1) is 0 Å². The van der Waals surface area contributed by atoms with E-state index >= 15 is 0 Å². The predicted octanol–water partition coefficient (Wildman–Crippen LogP) is 3.40. The van der Waals surface area contributed by atoms with Crippen molar-refractivity contribution in [2.24, 2.45) is 5.92 Å². The highest BCUT2D eigenvalue weighted by molar-refractivity contribution is 5.94. The minimum atomic E-state index is 0.0657. The van der Waals surface area contributed by atoms with Crippen molar-refractivity contribution in [3.63, 3.8) is 0 Å². The van der Waals surface area contributed by atoms with Crippen molar-refractivity contribution in [1.82, 2.24) is 14.3 Å². The Morgan fingerprint density at radius 2 is 1.96 bits per heavy atom. The molecule has 5 nitrogen and oxygen atoms in total. The molecule has 2 aromatic heterocycles. The van der Waals surface area contributed by atoms with E-state index in [-0.39, 0.29) is 5.91 Å². The maximum atomic E-state index is 13.2. The van der Waals surface area contributed by atoms with Crippen LogP contribution in [0.5, 0.6) is 0 Å². The summed E-state index contributed by atoms with van der Waals surface area (Å²) in [6.07, 6.45) is 7.50. The molecule has 0 N–H and O–H groups in total. The molecule has 3 heterocycles. The van der Waals surface area contributed by atoms with Crippen molar-refractivity contribution in [1.29, 1.82) is 0 Å². The third kappa shape index (κ3) is 3.78. The zero-order chi connectivity index (χ0) is 17.8. The van der Waals surface area contributed by atoms with Gasteiger partial charge in [0.25, 0.3) is 5.91 Å². The minimum Gasteiger partial charge on any atom is -0.381 e. The molecule has 134 valence electrons. The van der Waals surface area contributed by atoms with E-state index in [4.69, 9.17) is 4.74 Å². The lowest BCUT2D eigenvalue weighted by Gasteiger charge is -2.30. The molecule has 0 unspecified atom stereocenters. The number of ether oxygens (including phenoxy) is 1. The van der Waals surface area contributed by atoms with E-state index in [0.717, 1.165) is 43.8 Å². The molecule has 1 aliphatic heterocycles. The Morgan fingerprint density at radius 3 is 2.77 bits per heavy atom. The molecule has 0 atom stereocenters. The van der Waals surface area contributed by atoms with Crippen LogP contribution in [0.25, 0.3) is 5.65 Å². The number of nitrogens with zero attached hydrogens (tertiary/aromatic N) is 3. The van der Waals surface area contributed by atoms with Gasteiger partial charge < -0.3 is 14.0 Å². The van der Waals surface area contributed by atoms with E-state index < -0.39 is 0 Å². The second kappa shape index (κ2) is 7.70. The average Bonchev–Trinajstić information content (AvgIpc) is 3.16. The number of amides is 1. The molecule has 5 heteroatoms. The van der Waals surface area contributed by atoms with Gasteiger partial charge in [0.1, 0.15) is 5.65 Å². The molecule has 0 radical (unpaired) electrons. The van der Waals surface area contributed by atoms with Gasteiger partial charge in [0.2, 0.25) is 0 Å². The Morgan fingerprint density at radius 1 is 1.15 bits per heavy atom. The second-order valence-corrected chi connectivity index (χ2v) is 6.84. The number of rotatable bonds is 5. The molecule has 1 amide bonds. The number of carbonyl (C=O) groups is 1. The van der Waals surface area contributed by atoms with Gasteiger partial charge in [-0.25, -0.2) is 4.98 Å². The molecule has 1 aliphatic rings. The van der Waals surface area contributed by atoms with Gasteiger partial charge in [0, 0.05) is 44.9 Å². The van der Waals surface area contributed by atoms with Crippen molar-refractivity contribution in [2.45, 2.75) is 19.4 Å². The smallest absolute Gasteiger partial charge is 0.255 e. The van der Waals surface area contributed by atoms with Crippen LogP contribution in [0.1, 0.15) is 28.8 Å². The fraction of sp³-hybridized carbons (Fsp3) is 0.333. The van der Waals surface area contributed by atoms with Crippen LogP contribution >= 0.6 is 0 Å². The standard InChI is InChI=1S/C21H23N3O2/c25-21(19-6-7-20-22-10-11-23(20)16-19)24(14-17-4-2-1-3-5-17)15-18-8-12-26-13-9-18/h1-7,10-11,16,18H,8-9,12-15H2. The molecule has 3 aromatic rings. The van der Waals surface area contributed by atoms with Crippen LogP contribution in [0.2, 0.25) is 0 Å². The molecule has 0 spiro atoms.